The summed E-state index contributed by atoms with van der Waals surface area (Å²) in [5.74, 6) is 0.0303. The van der Waals surface area contributed by atoms with Crippen LogP contribution in [0.1, 0.15) is 53.4 Å². The van der Waals surface area contributed by atoms with Crippen molar-refractivity contribution in [3.05, 3.63) is 35.0 Å². The zero-order valence-corrected chi connectivity index (χ0v) is 13.3. The molecule has 24 heavy (non-hydrogen) atoms. The second-order valence-electron chi connectivity index (χ2n) is 5.77. The SMILES string of the molecule is CCc1cc(C2CCCN2C(=O)c2cc(C(F)(F)F)n(C)n2)on1. The van der Waals surface area contributed by atoms with E-state index in [4.69, 9.17) is 4.52 Å². The van der Waals surface area contributed by atoms with E-state index in [-0.39, 0.29) is 11.7 Å². The number of aromatic nitrogens is 3. The number of carbonyl (C=O) groups is 1. The number of aryl methyl sites for hydroxylation is 2. The molecule has 0 bridgehead atoms. The molecule has 0 aromatic carbocycles. The van der Waals surface area contributed by atoms with E-state index in [9.17, 15) is 18.0 Å². The van der Waals surface area contributed by atoms with Gasteiger partial charge in [0.15, 0.2) is 11.5 Å². The van der Waals surface area contributed by atoms with Gasteiger partial charge in [-0.2, -0.15) is 18.3 Å². The number of likely N-dealkylation sites (tertiary alicyclic amines) is 1. The first-order valence-electron chi connectivity index (χ1n) is 7.69. The number of hydrogen-bond donors (Lipinski definition) is 0. The maximum absolute atomic E-state index is 12.9. The highest BCUT2D eigenvalue weighted by Gasteiger charge is 2.38. The Morgan fingerprint density at radius 1 is 1.42 bits per heavy atom. The number of carbonyl (C=O) groups excluding carboxylic acids is 1. The van der Waals surface area contributed by atoms with Gasteiger partial charge in [0.1, 0.15) is 5.69 Å². The molecule has 2 aromatic rings. The number of amides is 1. The Balaban J connectivity index is 1.86. The molecule has 1 fully saturated rings. The quantitative estimate of drug-likeness (QED) is 0.860. The molecule has 1 saturated heterocycles. The van der Waals surface area contributed by atoms with Gasteiger partial charge in [0, 0.05) is 25.7 Å². The molecule has 6 nitrogen and oxygen atoms in total. The fraction of sp³-hybridized carbons (Fsp3) is 0.533. The van der Waals surface area contributed by atoms with Crippen molar-refractivity contribution >= 4 is 5.91 Å². The Kier molecular flexibility index (Phi) is 4.10. The summed E-state index contributed by atoms with van der Waals surface area (Å²) in [5.41, 5.74) is -0.386. The molecule has 1 aliphatic rings. The van der Waals surface area contributed by atoms with Gasteiger partial charge in [0.05, 0.1) is 11.7 Å². The third kappa shape index (κ3) is 2.90. The van der Waals surface area contributed by atoms with Crippen LogP contribution in [0.5, 0.6) is 0 Å². The van der Waals surface area contributed by atoms with Crippen LogP contribution in [-0.4, -0.2) is 32.3 Å². The lowest BCUT2D eigenvalue weighted by atomic mass is 10.1. The van der Waals surface area contributed by atoms with Crippen LogP contribution in [-0.2, 0) is 19.6 Å². The van der Waals surface area contributed by atoms with Crippen LogP contribution in [0, 0.1) is 0 Å². The first kappa shape index (κ1) is 16.5. The van der Waals surface area contributed by atoms with E-state index in [1.165, 1.54) is 11.9 Å². The summed E-state index contributed by atoms with van der Waals surface area (Å²) >= 11 is 0. The Morgan fingerprint density at radius 2 is 2.17 bits per heavy atom. The van der Waals surface area contributed by atoms with E-state index in [2.05, 4.69) is 10.3 Å². The topological polar surface area (TPSA) is 64.2 Å². The smallest absolute Gasteiger partial charge is 0.359 e. The van der Waals surface area contributed by atoms with Crippen LogP contribution in [0.2, 0.25) is 0 Å². The Hall–Kier alpha value is -2.32. The van der Waals surface area contributed by atoms with Crippen molar-refractivity contribution in [2.75, 3.05) is 6.54 Å². The van der Waals surface area contributed by atoms with Crippen molar-refractivity contribution in [3.8, 4) is 0 Å². The second-order valence-corrected chi connectivity index (χ2v) is 5.77. The molecule has 3 heterocycles. The van der Waals surface area contributed by atoms with Crippen molar-refractivity contribution in [1.82, 2.24) is 19.8 Å². The normalized spacial score (nSPS) is 18.4. The zero-order chi connectivity index (χ0) is 17.5. The summed E-state index contributed by atoms with van der Waals surface area (Å²) in [4.78, 5) is 14.1. The lowest BCUT2D eigenvalue weighted by molar-refractivity contribution is -0.143. The molecule has 1 amide bonds. The summed E-state index contributed by atoms with van der Waals surface area (Å²) in [6.07, 6.45) is -2.41. The molecule has 0 aliphatic carbocycles. The van der Waals surface area contributed by atoms with Gasteiger partial charge in [-0.15, -0.1) is 0 Å². The highest BCUT2D eigenvalue weighted by molar-refractivity contribution is 5.93. The van der Waals surface area contributed by atoms with Crippen molar-refractivity contribution in [3.63, 3.8) is 0 Å². The third-order valence-corrected chi connectivity index (χ3v) is 4.17. The third-order valence-electron chi connectivity index (χ3n) is 4.17. The van der Waals surface area contributed by atoms with Crippen molar-refractivity contribution < 1.29 is 22.5 Å². The molecule has 1 aliphatic heterocycles. The van der Waals surface area contributed by atoms with Crippen LogP contribution >= 0.6 is 0 Å². The molecule has 0 spiro atoms. The van der Waals surface area contributed by atoms with Gasteiger partial charge in [0.25, 0.3) is 5.91 Å². The van der Waals surface area contributed by atoms with Crippen LogP contribution in [0.15, 0.2) is 16.7 Å². The molecular formula is C15H17F3N4O2. The molecule has 0 saturated carbocycles. The predicted octanol–water partition coefficient (Wildman–Crippen LogP) is 2.97. The van der Waals surface area contributed by atoms with E-state index in [1.807, 2.05) is 6.92 Å². The van der Waals surface area contributed by atoms with Crippen molar-refractivity contribution in [1.29, 1.82) is 0 Å². The second kappa shape index (κ2) is 5.95. The minimum absolute atomic E-state index is 0.216. The standard InChI is InChI=1S/C15H17F3N4O2/c1-3-9-7-12(24-20-9)11-5-4-6-22(11)14(23)10-8-13(15(16,17)18)21(2)19-10/h7-8,11H,3-6H2,1-2H3. The Labute approximate surface area is 136 Å². The zero-order valence-electron chi connectivity index (χ0n) is 13.3. The molecule has 1 atom stereocenters. The fourth-order valence-corrected chi connectivity index (χ4v) is 2.94. The highest BCUT2D eigenvalue weighted by atomic mass is 19.4. The molecular weight excluding hydrogens is 325 g/mol. The molecule has 130 valence electrons. The first-order chi connectivity index (χ1) is 11.3. The highest BCUT2D eigenvalue weighted by Crippen LogP contribution is 2.34. The van der Waals surface area contributed by atoms with Crippen molar-refractivity contribution in [2.24, 2.45) is 7.05 Å². The van der Waals surface area contributed by atoms with Crippen LogP contribution in [0.3, 0.4) is 0 Å². The predicted molar refractivity (Wildman–Crippen MR) is 77.1 cm³/mol. The fourth-order valence-electron chi connectivity index (χ4n) is 2.94. The van der Waals surface area contributed by atoms with E-state index in [0.29, 0.717) is 29.8 Å². The largest absolute Gasteiger partial charge is 0.433 e. The number of nitrogens with zero attached hydrogens (tertiary/aromatic N) is 4. The van der Waals surface area contributed by atoms with E-state index >= 15 is 0 Å². The number of hydrogen-bond acceptors (Lipinski definition) is 4. The molecule has 9 heteroatoms. The Morgan fingerprint density at radius 3 is 2.75 bits per heavy atom. The minimum Gasteiger partial charge on any atom is -0.359 e. The number of alkyl halides is 3. The van der Waals surface area contributed by atoms with Gasteiger partial charge >= 0.3 is 6.18 Å². The average molecular weight is 342 g/mol. The van der Waals surface area contributed by atoms with Gasteiger partial charge in [-0.05, 0) is 19.3 Å². The summed E-state index contributed by atoms with van der Waals surface area (Å²) in [5, 5.41) is 7.65. The number of halogens is 3. The summed E-state index contributed by atoms with van der Waals surface area (Å²) in [6.45, 7) is 2.38. The van der Waals surface area contributed by atoms with E-state index < -0.39 is 17.8 Å². The minimum atomic E-state index is -4.55. The summed E-state index contributed by atoms with van der Waals surface area (Å²) in [7, 11) is 1.17. The average Bonchev–Trinajstić information content (AvgIpc) is 3.23. The van der Waals surface area contributed by atoms with Gasteiger partial charge in [-0.1, -0.05) is 12.1 Å². The molecule has 0 N–H and O–H groups in total. The van der Waals surface area contributed by atoms with Crippen LogP contribution in [0.4, 0.5) is 13.2 Å². The van der Waals surface area contributed by atoms with Gasteiger partial charge in [-0.25, -0.2) is 0 Å². The van der Waals surface area contributed by atoms with Crippen molar-refractivity contribution in [2.45, 2.75) is 38.4 Å². The van der Waals surface area contributed by atoms with Gasteiger partial charge in [0.2, 0.25) is 0 Å². The van der Waals surface area contributed by atoms with Crippen LogP contribution in [0.25, 0.3) is 0 Å². The maximum atomic E-state index is 12.9. The number of rotatable bonds is 3. The summed E-state index contributed by atoms with van der Waals surface area (Å²) in [6, 6.07) is 2.26. The summed E-state index contributed by atoms with van der Waals surface area (Å²) < 4.78 is 44.6. The monoisotopic (exact) mass is 342 g/mol. The molecule has 2 aromatic heterocycles. The molecule has 1 unspecified atom stereocenters. The van der Waals surface area contributed by atoms with E-state index in [1.54, 1.807) is 6.07 Å². The molecule has 0 radical (unpaired) electrons. The lowest BCUT2D eigenvalue weighted by Gasteiger charge is -2.21. The van der Waals surface area contributed by atoms with Crippen LogP contribution < -0.4 is 0 Å². The van der Waals surface area contributed by atoms with E-state index in [0.717, 1.165) is 18.2 Å². The van der Waals surface area contributed by atoms with Gasteiger partial charge < -0.3 is 9.42 Å². The van der Waals surface area contributed by atoms with Gasteiger partial charge in [-0.3, -0.25) is 9.48 Å². The maximum Gasteiger partial charge on any atom is 0.433 e. The first-order valence-corrected chi connectivity index (χ1v) is 7.69. The molecule has 3 rings (SSSR count). The lowest BCUT2D eigenvalue weighted by Crippen LogP contribution is -2.30. The Bertz CT molecular complexity index is 750.